The van der Waals surface area contributed by atoms with Crippen LogP contribution in [0.25, 0.3) is 0 Å². The van der Waals surface area contributed by atoms with Crippen molar-refractivity contribution >= 4 is 5.97 Å². The summed E-state index contributed by atoms with van der Waals surface area (Å²) in [6, 6.07) is 0. The van der Waals surface area contributed by atoms with Gasteiger partial charge in [0.15, 0.2) is 0 Å². The fraction of sp³-hybridized carbons (Fsp3) is 0.600. The number of hydrogen-bond donors (Lipinski definition) is 1. The van der Waals surface area contributed by atoms with Gasteiger partial charge in [-0.2, -0.15) is 13.2 Å². The smallest absolute Gasteiger partial charge is 0.392 e. The highest BCUT2D eigenvalue weighted by Crippen LogP contribution is 2.33. The quantitative estimate of drug-likeness (QED) is 0.892. The lowest BCUT2D eigenvalue weighted by molar-refractivity contribution is -0.182. The summed E-state index contributed by atoms with van der Waals surface area (Å²) in [6.07, 6.45) is -5.92. The maximum absolute atomic E-state index is 12.6. The van der Waals surface area contributed by atoms with Crippen LogP contribution in [0, 0.1) is 19.8 Å². The van der Waals surface area contributed by atoms with Crippen LogP contribution in [-0.4, -0.2) is 22.4 Å². The van der Waals surface area contributed by atoms with Crippen molar-refractivity contribution < 1.29 is 27.6 Å². The summed E-state index contributed by atoms with van der Waals surface area (Å²) in [4.78, 5) is 10.4. The molecule has 0 aliphatic carbocycles. The van der Waals surface area contributed by atoms with Gasteiger partial charge in [-0.15, -0.1) is 0 Å². The first-order valence-corrected chi connectivity index (χ1v) is 4.92. The fourth-order valence-corrected chi connectivity index (χ4v) is 1.55. The van der Waals surface area contributed by atoms with Gasteiger partial charge in [0.1, 0.15) is 5.76 Å². The van der Waals surface area contributed by atoms with Gasteiger partial charge in [-0.05, 0) is 20.3 Å². The third-order valence-electron chi connectivity index (χ3n) is 2.52. The Labute approximate surface area is 95.4 Å². The van der Waals surface area contributed by atoms with Gasteiger partial charge in [0.25, 0.3) is 0 Å². The minimum absolute atomic E-state index is 0.294. The van der Waals surface area contributed by atoms with E-state index in [-0.39, 0.29) is 0 Å². The molecule has 1 aromatic rings. The van der Waals surface area contributed by atoms with E-state index in [1.165, 1.54) is 13.8 Å². The van der Waals surface area contributed by atoms with Gasteiger partial charge >= 0.3 is 12.1 Å². The summed E-state index contributed by atoms with van der Waals surface area (Å²) in [5, 5.41) is 12.0. The first-order chi connectivity index (χ1) is 7.71. The molecule has 0 aliphatic heterocycles. The van der Waals surface area contributed by atoms with E-state index in [9.17, 15) is 18.0 Å². The highest BCUT2D eigenvalue weighted by molar-refractivity contribution is 5.67. The molecule has 1 atom stereocenters. The Balaban J connectivity index is 2.91. The number of alkyl halides is 3. The summed E-state index contributed by atoms with van der Waals surface area (Å²) >= 11 is 0. The van der Waals surface area contributed by atoms with Crippen LogP contribution in [0.15, 0.2) is 4.52 Å². The molecule has 0 aliphatic rings. The van der Waals surface area contributed by atoms with Gasteiger partial charge < -0.3 is 9.63 Å². The van der Waals surface area contributed by atoms with Crippen LogP contribution >= 0.6 is 0 Å². The highest BCUT2D eigenvalue weighted by atomic mass is 19.4. The van der Waals surface area contributed by atoms with Crippen LogP contribution in [0.4, 0.5) is 13.2 Å². The Bertz CT molecular complexity index is 392. The van der Waals surface area contributed by atoms with E-state index in [0.717, 1.165) is 0 Å². The van der Waals surface area contributed by atoms with Crippen molar-refractivity contribution in [2.24, 2.45) is 5.92 Å². The molecule has 1 heterocycles. The highest BCUT2D eigenvalue weighted by Gasteiger charge is 2.41. The van der Waals surface area contributed by atoms with Crippen LogP contribution in [0.3, 0.4) is 0 Å². The normalized spacial score (nSPS) is 13.7. The maximum atomic E-state index is 12.6. The Kier molecular flexibility index (Phi) is 3.79. The predicted molar refractivity (Wildman–Crippen MR) is 51.5 cm³/mol. The van der Waals surface area contributed by atoms with Gasteiger partial charge in [-0.1, -0.05) is 5.16 Å². The molecule has 17 heavy (non-hydrogen) atoms. The second-order valence-corrected chi connectivity index (χ2v) is 3.84. The number of carboxylic acids is 1. The molecule has 1 unspecified atom stereocenters. The molecule has 96 valence electrons. The number of aryl methyl sites for hydroxylation is 2. The number of hydrogen-bond acceptors (Lipinski definition) is 3. The molecule has 1 N–H and O–H groups in total. The van der Waals surface area contributed by atoms with E-state index in [1.54, 1.807) is 0 Å². The van der Waals surface area contributed by atoms with Crippen molar-refractivity contribution in [1.29, 1.82) is 0 Å². The largest absolute Gasteiger partial charge is 0.481 e. The number of nitrogens with zero attached hydrogens (tertiary/aromatic N) is 1. The second kappa shape index (κ2) is 4.77. The SMILES string of the molecule is Cc1noc(C)c1CC(CC(=O)O)C(F)(F)F. The number of carbonyl (C=O) groups is 1. The number of aromatic nitrogens is 1. The first kappa shape index (κ1) is 13.5. The number of rotatable bonds is 4. The topological polar surface area (TPSA) is 63.3 Å². The molecule has 4 nitrogen and oxygen atoms in total. The molecule has 0 fully saturated rings. The van der Waals surface area contributed by atoms with E-state index in [4.69, 9.17) is 9.63 Å². The lowest BCUT2D eigenvalue weighted by Crippen LogP contribution is -2.27. The molecule has 0 radical (unpaired) electrons. The van der Waals surface area contributed by atoms with Crippen LogP contribution < -0.4 is 0 Å². The second-order valence-electron chi connectivity index (χ2n) is 3.84. The lowest BCUT2D eigenvalue weighted by atomic mass is 9.95. The van der Waals surface area contributed by atoms with Crippen LogP contribution in [0.2, 0.25) is 0 Å². The molecular weight excluding hydrogens is 239 g/mol. The van der Waals surface area contributed by atoms with E-state index in [1.807, 2.05) is 0 Å². The zero-order valence-corrected chi connectivity index (χ0v) is 9.34. The molecule has 0 spiro atoms. The molecule has 0 bridgehead atoms. The van der Waals surface area contributed by atoms with Gasteiger partial charge in [-0.3, -0.25) is 4.79 Å². The molecule has 1 rings (SSSR count). The predicted octanol–water partition coefficient (Wildman–Crippen LogP) is 2.49. The monoisotopic (exact) mass is 251 g/mol. The van der Waals surface area contributed by atoms with E-state index >= 15 is 0 Å². The Morgan fingerprint density at radius 1 is 1.47 bits per heavy atom. The zero-order valence-electron chi connectivity index (χ0n) is 9.34. The summed E-state index contributed by atoms with van der Waals surface area (Å²) in [6.45, 7) is 3.03. The van der Waals surface area contributed by atoms with Gasteiger partial charge in [0.05, 0.1) is 18.0 Å². The van der Waals surface area contributed by atoms with E-state index in [2.05, 4.69) is 5.16 Å². The third-order valence-corrected chi connectivity index (χ3v) is 2.52. The van der Waals surface area contributed by atoms with Crippen molar-refractivity contribution in [3.63, 3.8) is 0 Å². The average molecular weight is 251 g/mol. The maximum Gasteiger partial charge on any atom is 0.392 e. The van der Waals surface area contributed by atoms with Crippen molar-refractivity contribution in [2.45, 2.75) is 32.9 Å². The molecule has 1 aromatic heterocycles. The minimum Gasteiger partial charge on any atom is -0.481 e. The number of halogens is 3. The van der Waals surface area contributed by atoms with Gasteiger partial charge in [-0.25, -0.2) is 0 Å². The lowest BCUT2D eigenvalue weighted by Gasteiger charge is -2.18. The standard InChI is InChI=1S/C10H12F3NO3/c1-5-8(6(2)17-14-5)3-7(4-9(15)16)10(11,12)13/h7H,3-4H2,1-2H3,(H,15,16). The van der Waals surface area contributed by atoms with E-state index < -0.39 is 30.9 Å². The van der Waals surface area contributed by atoms with Crippen LogP contribution in [0.5, 0.6) is 0 Å². The summed E-state index contributed by atoms with van der Waals surface area (Å²) < 4.78 is 42.6. The van der Waals surface area contributed by atoms with Crippen LogP contribution in [-0.2, 0) is 11.2 Å². The summed E-state index contributed by atoms with van der Waals surface area (Å²) in [5.74, 6) is -3.10. The fourth-order valence-electron chi connectivity index (χ4n) is 1.55. The Morgan fingerprint density at radius 3 is 2.41 bits per heavy atom. The number of aliphatic carboxylic acids is 1. The van der Waals surface area contributed by atoms with Gasteiger partial charge in [0, 0.05) is 5.56 Å². The van der Waals surface area contributed by atoms with Gasteiger partial charge in [0.2, 0.25) is 0 Å². The summed E-state index contributed by atoms with van der Waals surface area (Å²) in [7, 11) is 0. The number of carboxylic acid groups (broad SMARTS) is 1. The van der Waals surface area contributed by atoms with Crippen molar-refractivity contribution in [2.75, 3.05) is 0 Å². The molecule has 0 saturated heterocycles. The Morgan fingerprint density at radius 2 is 2.06 bits per heavy atom. The molecule has 0 amide bonds. The van der Waals surface area contributed by atoms with Crippen molar-refractivity contribution in [3.05, 3.63) is 17.0 Å². The first-order valence-electron chi connectivity index (χ1n) is 4.92. The Hall–Kier alpha value is -1.53. The summed E-state index contributed by atoms with van der Waals surface area (Å²) in [5.41, 5.74) is 0.690. The van der Waals surface area contributed by atoms with E-state index in [0.29, 0.717) is 17.0 Å². The molecular formula is C10H12F3NO3. The van der Waals surface area contributed by atoms with Crippen molar-refractivity contribution in [3.8, 4) is 0 Å². The molecule has 0 saturated carbocycles. The average Bonchev–Trinajstić information content (AvgIpc) is 2.46. The third kappa shape index (κ3) is 3.47. The zero-order chi connectivity index (χ0) is 13.2. The minimum atomic E-state index is -4.55. The van der Waals surface area contributed by atoms with Crippen molar-refractivity contribution in [1.82, 2.24) is 5.16 Å². The molecule has 7 heteroatoms. The van der Waals surface area contributed by atoms with Crippen LogP contribution in [0.1, 0.15) is 23.4 Å². The molecule has 0 aromatic carbocycles.